The third-order valence-corrected chi connectivity index (χ3v) is 7.86. The molecule has 1 fully saturated rings. The molecule has 6 rings (SSSR count). The summed E-state index contributed by atoms with van der Waals surface area (Å²) in [5.41, 5.74) is 2.65. The number of ether oxygens (including phenoxy) is 2. The second kappa shape index (κ2) is 14.2. The first-order valence-corrected chi connectivity index (χ1v) is 15.1. The van der Waals surface area contributed by atoms with Crippen molar-refractivity contribution < 1.29 is 27.8 Å². The molecule has 0 radical (unpaired) electrons. The molecule has 4 heterocycles. The highest BCUT2D eigenvalue weighted by atomic mass is 19.1. The molecule has 0 aliphatic heterocycles. The molecule has 14 heteroatoms. The number of halogens is 2. The number of aromatic amines is 1. The molecule has 242 valence electrons. The molecule has 0 bridgehead atoms. The van der Waals surface area contributed by atoms with Gasteiger partial charge in [-0.15, -0.1) is 0 Å². The largest absolute Gasteiger partial charge is 0.497 e. The number of alkyl carbamates (subject to hydrolysis) is 1. The smallest absolute Gasteiger partial charge is 0.407 e. The van der Waals surface area contributed by atoms with Crippen LogP contribution in [0.4, 0.5) is 19.4 Å². The van der Waals surface area contributed by atoms with Gasteiger partial charge >= 0.3 is 6.09 Å². The Kier molecular flexibility index (Phi) is 9.46. The van der Waals surface area contributed by atoms with Gasteiger partial charge in [0.25, 0.3) is 5.91 Å². The third kappa shape index (κ3) is 7.77. The molecule has 4 aromatic heterocycles. The predicted molar refractivity (Wildman–Crippen MR) is 168 cm³/mol. The summed E-state index contributed by atoms with van der Waals surface area (Å²) in [7, 11) is 1.58. The average Bonchev–Trinajstić information content (AvgIpc) is 3.51. The number of fused-ring (bicyclic) bond motifs is 1. The zero-order chi connectivity index (χ0) is 32.8. The van der Waals surface area contributed by atoms with Crippen molar-refractivity contribution in [3.8, 4) is 17.1 Å². The summed E-state index contributed by atoms with van der Waals surface area (Å²) in [6.45, 7) is 0.251. The van der Waals surface area contributed by atoms with E-state index in [1.165, 1.54) is 12.3 Å². The molecule has 4 N–H and O–H groups in total. The standard InChI is InChI=1S/C33H32F2N8O4/c1-46-24-7-5-19(6-8-24)14-40-33(45)47-18-20-9-10-36-28(11-20)32(44)42-23-4-2-3-22(13-23)41-31-27(35)17-39-30(43-31)26-16-38-29-25(26)12-21(34)15-37-29/h5-12,15-17,22-23H,2-4,13-14,18H2,1H3,(H,37,38)(H,40,45)(H,42,44)(H,39,41,43)/t22-,23?/m1/s1. The quantitative estimate of drug-likeness (QED) is 0.159. The maximum Gasteiger partial charge on any atom is 0.407 e. The Labute approximate surface area is 268 Å². The van der Waals surface area contributed by atoms with Gasteiger partial charge in [-0.1, -0.05) is 12.1 Å². The van der Waals surface area contributed by atoms with Crippen LogP contribution in [-0.2, 0) is 17.9 Å². The van der Waals surface area contributed by atoms with Gasteiger partial charge in [0.05, 0.1) is 19.5 Å². The molecular weight excluding hydrogens is 610 g/mol. The van der Waals surface area contributed by atoms with Crippen molar-refractivity contribution in [1.29, 1.82) is 0 Å². The molecule has 1 aromatic carbocycles. The normalized spacial score (nSPS) is 16.0. The summed E-state index contributed by atoms with van der Waals surface area (Å²) in [6.07, 6.45) is 7.50. The fraction of sp³-hybridized carbons (Fsp3) is 0.273. The summed E-state index contributed by atoms with van der Waals surface area (Å²) >= 11 is 0. The number of nitrogens with zero attached hydrogens (tertiary/aromatic N) is 4. The summed E-state index contributed by atoms with van der Waals surface area (Å²) < 4.78 is 39.1. The van der Waals surface area contributed by atoms with E-state index in [4.69, 9.17) is 9.47 Å². The van der Waals surface area contributed by atoms with Gasteiger partial charge in [0.1, 0.15) is 29.5 Å². The number of carbonyl (C=O) groups is 2. The first-order valence-electron chi connectivity index (χ1n) is 15.1. The van der Waals surface area contributed by atoms with Crippen LogP contribution < -0.4 is 20.7 Å². The van der Waals surface area contributed by atoms with Crippen molar-refractivity contribution in [2.75, 3.05) is 12.4 Å². The Balaban J connectivity index is 1.02. The van der Waals surface area contributed by atoms with E-state index in [9.17, 15) is 18.4 Å². The van der Waals surface area contributed by atoms with Crippen LogP contribution >= 0.6 is 0 Å². The number of anilines is 1. The van der Waals surface area contributed by atoms with Crippen LogP contribution in [0.1, 0.15) is 47.3 Å². The average molecular weight is 643 g/mol. The number of nitrogens with one attached hydrogen (secondary N) is 4. The zero-order valence-electron chi connectivity index (χ0n) is 25.4. The Morgan fingerprint density at radius 3 is 2.66 bits per heavy atom. The lowest BCUT2D eigenvalue weighted by Gasteiger charge is -2.30. The number of hydrogen-bond donors (Lipinski definition) is 4. The van der Waals surface area contributed by atoms with Crippen molar-refractivity contribution in [2.45, 2.75) is 50.9 Å². The fourth-order valence-corrected chi connectivity index (χ4v) is 5.47. The van der Waals surface area contributed by atoms with Crippen LogP contribution in [0.5, 0.6) is 5.75 Å². The lowest BCUT2D eigenvalue weighted by atomic mass is 9.91. The highest BCUT2D eigenvalue weighted by Gasteiger charge is 2.26. The molecule has 1 saturated carbocycles. The number of benzene rings is 1. The summed E-state index contributed by atoms with van der Waals surface area (Å²) in [5.74, 6) is -0.528. The minimum absolute atomic E-state index is 0.0214. The molecule has 12 nitrogen and oxygen atoms in total. The highest BCUT2D eigenvalue weighted by Crippen LogP contribution is 2.28. The monoisotopic (exact) mass is 642 g/mol. The van der Waals surface area contributed by atoms with Crippen molar-refractivity contribution in [1.82, 2.24) is 35.6 Å². The van der Waals surface area contributed by atoms with Gasteiger partial charge in [0, 0.05) is 42.0 Å². The number of amides is 2. The van der Waals surface area contributed by atoms with Crippen LogP contribution in [-0.4, -0.2) is 56.1 Å². The maximum atomic E-state index is 14.8. The zero-order valence-corrected chi connectivity index (χ0v) is 25.4. The van der Waals surface area contributed by atoms with E-state index in [1.807, 2.05) is 12.1 Å². The second-order valence-corrected chi connectivity index (χ2v) is 11.1. The van der Waals surface area contributed by atoms with E-state index < -0.39 is 17.7 Å². The Morgan fingerprint density at radius 2 is 1.83 bits per heavy atom. The molecule has 2 atom stereocenters. The van der Waals surface area contributed by atoms with Crippen LogP contribution in [0, 0.1) is 11.6 Å². The Morgan fingerprint density at radius 1 is 1.00 bits per heavy atom. The van der Waals surface area contributed by atoms with E-state index in [-0.39, 0.29) is 48.5 Å². The van der Waals surface area contributed by atoms with Crippen molar-refractivity contribution in [2.24, 2.45) is 0 Å². The minimum Gasteiger partial charge on any atom is -0.497 e. The van der Waals surface area contributed by atoms with E-state index in [2.05, 4.69) is 40.9 Å². The van der Waals surface area contributed by atoms with Crippen LogP contribution in [0.15, 0.2) is 67.3 Å². The van der Waals surface area contributed by atoms with Gasteiger partial charge in [-0.2, -0.15) is 0 Å². The number of aromatic nitrogens is 5. The van der Waals surface area contributed by atoms with Gasteiger partial charge < -0.3 is 30.4 Å². The van der Waals surface area contributed by atoms with Gasteiger partial charge in [0.2, 0.25) is 0 Å². The lowest BCUT2D eigenvalue weighted by molar-refractivity contribution is 0.0921. The first kappa shape index (κ1) is 31.3. The maximum absolute atomic E-state index is 14.8. The number of H-pyrrole nitrogens is 1. The molecule has 1 aliphatic carbocycles. The van der Waals surface area contributed by atoms with Gasteiger partial charge in [0.15, 0.2) is 17.5 Å². The minimum atomic E-state index is -0.623. The molecule has 0 saturated heterocycles. The third-order valence-electron chi connectivity index (χ3n) is 7.86. The van der Waals surface area contributed by atoms with Crippen LogP contribution in [0.25, 0.3) is 22.4 Å². The molecule has 2 amide bonds. The number of hydrogen-bond acceptors (Lipinski definition) is 9. The molecule has 1 aliphatic rings. The number of rotatable bonds is 10. The second-order valence-electron chi connectivity index (χ2n) is 11.1. The SMILES string of the molecule is COc1ccc(CNC(=O)OCc2ccnc(C(=O)NC3CCC[C@@H](Nc4nc(-c5c[nH]c6ncc(F)cc56)ncc4F)C3)c2)cc1. The number of pyridine rings is 2. The van der Waals surface area contributed by atoms with Crippen LogP contribution in [0.2, 0.25) is 0 Å². The predicted octanol–water partition coefficient (Wildman–Crippen LogP) is 5.28. The van der Waals surface area contributed by atoms with Gasteiger partial charge in [-0.25, -0.2) is 28.5 Å². The van der Waals surface area contributed by atoms with Crippen molar-refractivity contribution in [3.05, 3.63) is 95.7 Å². The van der Waals surface area contributed by atoms with E-state index in [0.29, 0.717) is 28.6 Å². The molecule has 47 heavy (non-hydrogen) atoms. The molecule has 0 spiro atoms. The molecular formula is C33H32F2N8O4. The Hall–Kier alpha value is -5.66. The number of methoxy groups -OCH3 is 1. The summed E-state index contributed by atoms with van der Waals surface area (Å²) in [5, 5.41) is 9.36. The first-order chi connectivity index (χ1) is 22.8. The van der Waals surface area contributed by atoms with E-state index >= 15 is 0 Å². The highest BCUT2D eigenvalue weighted by molar-refractivity contribution is 5.93. The summed E-state index contributed by atoms with van der Waals surface area (Å²) in [4.78, 5) is 45.0. The molecule has 5 aromatic rings. The Bertz CT molecular complexity index is 1880. The van der Waals surface area contributed by atoms with Crippen molar-refractivity contribution >= 4 is 28.9 Å². The topological polar surface area (TPSA) is 156 Å². The van der Waals surface area contributed by atoms with Gasteiger partial charge in [-0.3, -0.25) is 9.78 Å². The van der Waals surface area contributed by atoms with Gasteiger partial charge in [-0.05, 0) is 67.1 Å². The van der Waals surface area contributed by atoms with E-state index in [0.717, 1.165) is 43.0 Å². The fourth-order valence-electron chi connectivity index (χ4n) is 5.47. The van der Waals surface area contributed by atoms with Crippen molar-refractivity contribution in [3.63, 3.8) is 0 Å². The summed E-state index contributed by atoms with van der Waals surface area (Å²) in [6, 6.07) is 11.5. The van der Waals surface area contributed by atoms with E-state index in [1.54, 1.807) is 37.6 Å². The molecule has 1 unspecified atom stereocenters. The number of carbonyl (C=O) groups excluding carboxylic acids is 2. The lowest BCUT2D eigenvalue weighted by Crippen LogP contribution is -2.42. The van der Waals surface area contributed by atoms with Crippen LogP contribution in [0.3, 0.4) is 0 Å².